The monoisotopic (exact) mass is 752 g/mol. The maximum atomic E-state index is 10.2. The molecule has 0 aliphatic heterocycles. The van der Waals surface area contributed by atoms with E-state index in [2.05, 4.69) is 0 Å². The Morgan fingerprint density at radius 3 is 0.610 bits per heavy atom. The molecule has 0 bridgehead atoms. The van der Waals surface area contributed by atoms with Gasteiger partial charge in [0.15, 0.2) is 0 Å². The first-order valence-electron chi connectivity index (χ1n) is 11.1. The summed E-state index contributed by atoms with van der Waals surface area (Å²) in [5.41, 5.74) is 22.3. The van der Waals surface area contributed by atoms with E-state index in [0.717, 1.165) is 0 Å². The number of nitrogens with two attached hydrogens (primary N) is 4. The van der Waals surface area contributed by atoms with E-state index in [-0.39, 0.29) is 72.3 Å². The van der Waals surface area contributed by atoms with Crippen LogP contribution in [0.4, 0.5) is 22.7 Å². The number of carboxylic acid groups (broad SMARTS) is 4. The number of hydrogen-bond acceptors (Lipinski definition) is 12. The summed E-state index contributed by atoms with van der Waals surface area (Å²) in [5, 5.41) is 40.9. The molecule has 0 saturated carbocycles. The molecule has 4 rings (SSSR count). The molecule has 0 aliphatic rings. The Morgan fingerprint density at radius 2 is 0.512 bits per heavy atom. The van der Waals surface area contributed by atoms with E-state index in [9.17, 15) is 39.6 Å². The molecule has 0 aromatic heterocycles. The van der Waals surface area contributed by atoms with Crippen molar-refractivity contribution in [2.45, 2.75) is 0 Å². The average molecular weight is 752 g/mol. The summed E-state index contributed by atoms with van der Waals surface area (Å²) in [4.78, 5) is 40.9. The molecular weight excluding hydrogens is 728 g/mol. The number of aromatic carboxylic acids is 4. The Kier molecular flexibility index (Phi) is 15.9. The Morgan fingerprint density at radius 1 is 0.366 bits per heavy atom. The van der Waals surface area contributed by atoms with Crippen LogP contribution in [0.5, 0.6) is 0 Å². The molecule has 8 N–H and O–H groups in total. The standard InChI is InChI=1S/4C7H7NO2.Pb/c4*8-6-4-2-1-3-5(6)7(9)10;/h4*1-4H,8H2,(H,9,10);/p-4. The van der Waals surface area contributed by atoms with Crippen LogP contribution >= 0.6 is 0 Å². The zero-order valence-electron chi connectivity index (χ0n) is 21.3. The normalized spacial score (nSPS) is 8.98. The van der Waals surface area contributed by atoms with Gasteiger partial charge in [0.1, 0.15) is 0 Å². The molecule has 12 nitrogen and oxygen atoms in total. The van der Waals surface area contributed by atoms with Crippen molar-refractivity contribution in [1.82, 2.24) is 0 Å². The first-order valence-corrected chi connectivity index (χ1v) is 11.1. The summed E-state index contributed by atoms with van der Waals surface area (Å²) >= 11 is 0. The molecule has 0 amide bonds. The van der Waals surface area contributed by atoms with Crippen LogP contribution in [0, 0.1) is 0 Å². The fraction of sp³-hybridized carbons (Fsp3) is 0. The summed E-state index contributed by atoms with van der Waals surface area (Å²) in [6.45, 7) is 0. The minimum absolute atomic E-state index is 0. The second kappa shape index (κ2) is 18.2. The number of rotatable bonds is 4. The third kappa shape index (κ3) is 12.5. The van der Waals surface area contributed by atoms with Crippen molar-refractivity contribution in [3.05, 3.63) is 119 Å². The molecule has 0 atom stereocenters. The SMILES string of the molecule is Nc1ccccc1C(=O)[O-].Nc1ccccc1C(=O)[O-].Nc1ccccc1C(=O)[O-].Nc1ccccc1C(=O)[O-].[Pb]. The van der Waals surface area contributed by atoms with Gasteiger partial charge >= 0.3 is 0 Å². The van der Waals surface area contributed by atoms with E-state index in [4.69, 9.17) is 22.9 Å². The number of carboxylic acids is 4. The van der Waals surface area contributed by atoms with Crippen molar-refractivity contribution >= 4 is 73.9 Å². The molecule has 4 aromatic rings. The second-order valence-electron chi connectivity index (χ2n) is 7.50. The zero-order chi connectivity index (χ0) is 30.2. The van der Waals surface area contributed by atoms with E-state index in [1.807, 2.05) is 0 Å². The van der Waals surface area contributed by atoms with Crippen LogP contribution in [-0.2, 0) is 0 Å². The third-order valence-corrected chi connectivity index (χ3v) is 4.72. The van der Waals surface area contributed by atoms with Crippen molar-refractivity contribution in [3.63, 3.8) is 0 Å². The molecule has 4 radical (unpaired) electrons. The number of anilines is 4. The topological polar surface area (TPSA) is 265 Å². The summed E-state index contributed by atoms with van der Waals surface area (Å²) in [7, 11) is 0. The minimum atomic E-state index is -1.24. The van der Waals surface area contributed by atoms with Crippen LogP contribution in [0.1, 0.15) is 41.4 Å². The maximum absolute atomic E-state index is 10.2. The predicted octanol–water partition coefficient (Wildman–Crippen LogP) is -1.85. The van der Waals surface area contributed by atoms with Gasteiger partial charge in [-0.15, -0.1) is 0 Å². The van der Waals surface area contributed by atoms with Crippen molar-refractivity contribution in [2.24, 2.45) is 0 Å². The van der Waals surface area contributed by atoms with Crippen LogP contribution in [0.2, 0.25) is 0 Å². The van der Waals surface area contributed by atoms with E-state index in [1.165, 1.54) is 48.5 Å². The van der Waals surface area contributed by atoms with Gasteiger partial charge in [0.25, 0.3) is 0 Å². The number of para-hydroxylation sites is 4. The molecule has 0 fully saturated rings. The molecule has 0 spiro atoms. The van der Waals surface area contributed by atoms with Gasteiger partial charge in [-0.2, -0.15) is 0 Å². The molecule has 0 unspecified atom stereocenters. The smallest absolute Gasteiger partial charge is 0.0735 e. The molecule has 41 heavy (non-hydrogen) atoms. The average Bonchev–Trinajstić information content (AvgIpc) is 2.90. The van der Waals surface area contributed by atoms with E-state index in [0.29, 0.717) is 0 Å². The van der Waals surface area contributed by atoms with Gasteiger partial charge in [-0.05, 0) is 24.3 Å². The number of carbonyl (C=O) groups is 4. The van der Waals surface area contributed by atoms with Crippen LogP contribution in [-0.4, -0.2) is 51.2 Å². The third-order valence-electron chi connectivity index (χ3n) is 4.72. The van der Waals surface area contributed by atoms with Gasteiger partial charge in [-0.3, -0.25) is 0 Å². The Hall–Kier alpha value is -5.12. The van der Waals surface area contributed by atoms with Crippen molar-refractivity contribution in [2.75, 3.05) is 22.9 Å². The maximum Gasteiger partial charge on any atom is 0.0735 e. The summed E-state index contributed by atoms with van der Waals surface area (Å²) in [6, 6.07) is 24.8. The number of benzene rings is 4. The van der Waals surface area contributed by atoms with Gasteiger partial charge < -0.3 is 62.5 Å². The van der Waals surface area contributed by atoms with Crippen molar-refractivity contribution in [1.29, 1.82) is 0 Å². The van der Waals surface area contributed by atoms with Gasteiger partial charge in [-0.25, -0.2) is 0 Å². The molecule has 0 saturated heterocycles. The first kappa shape index (κ1) is 35.9. The van der Waals surface area contributed by atoms with E-state index in [1.54, 1.807) is 48.5 Å². The fourth-order valence-electron chi connectivity index (χ4n) is 2.73. The number of nitrogen functional groups attached to an aromatic ring is 4. The Bertz CT molecular complexity index is 1260. The number of carbonyl (C=O) groups excluding carboxylic acids is 4. The summed E-state index contributed by atoms with van der Waals surface area (Å²) in [5.74, 6) is -4.95. The van der Waals surface area contributed by atoms with Gasteiger partial charge in [-0.1, -0.05) is 72.8 Å². The van der Waals surface area contributed by atoms with E-state index < -0.39 is 23.9 Å². The van der Waals surface area contributed by atoms with Crippen molar-refractivity contribution < 1.29 is 39.6 Å². The molecule has 0 aliphatic carbocycles. The second-order valence-corrected chi connectivity index (χ2v) is 7.50. The Balaban J connectivity index is 0.000000516. The summed E-state index contributed by atoms with van der Waals surface area (Å²) < 4.78 is 0. The van der Waals surface area contributed by atoms with Crippen LogP contribution < -0.4 is 43.4 Å². The van der Waals surface area contributed by atoms with Gasteiger partial charge in [0, 0.05) is 72.3 Å². The largest absolute Gasteiger partial charge is 0.545 e. The first-order chi connectivity index (χ1) is 18.9. The van der Waals surface area contributed by atoms with Crippen LogP contribution in [0.3, 0.4) is 0 Å². The van der Waals surface area contributed by atoms with Gasteiger partial charge in [0.2, 0.25) is 0 Å². The minimum Gasteiger partial charge on any atom is -0.545 e. The predicted molar refractivity (Wildman–Crippen MR) is 146 cm³/mol. The fourth-order valence-corrected chi connectivity index (χ4v) is 2.73. The number of hydrogen-bond donors (Lipinski definition) is 4. The molecule has 13 heteroatoms. The quantitative estimate of drug-likeness (QED) is 0.132. The van der Waals surface area contributed by atoms with Crippen LogP contribution in [0.15, 0.2) is 97.1 Å². The van der Waals surface area contributed by atoms with Gasteiger partial charge in [0.05, 0.1) is 23.9 Å². The zero-order valence-corrected chi connectivity index (χ0v) is 25.2. The van der Waals surface area contributed by atoms with E-state index >= 15 is 0 Å². The Labute approximate surface area is 255 Å². The van der Waals surface area contributed by atoms with Crippen LogP contribution in [0.25, 0.3) is 0 Å². The molecule has 4 aromatic carbocycles. The molecule has 0 heterocycles. The molecule has 212 valence electrons. The molecular formula is C28H24N4O8Pb-4. The summed E-state index contributed by atoms with van der Waals surface area (Å²) in [6.07, 6.45) is 0. The van der Waals surface area contributed by atoms with Crippen molar-refractivity contribution in [3.8, 4) is 0 Å².